The van der Waals surface area contributed by atoms with E-state index in [4.69, 9.17) is 17.3 Å². The molecule has 1 heterocycles. The number of halogens is 1. The van der Waals surface area contributed by atoms with E-state index in [9.17, 15) is 8.42 Å². The summed E-state index contributed by atoms with van der Waals surface area (Å²) in [6.07, 6.45) is 6.01. The van der Waals surface area contributed by atoms with Crippen molar-refractivity contribution in [2.75, 3.05) is 12.0 Å². The third kappa shape index (κ3) is 2.95. The summed E-state index contributed by atoms with van der Waals surface area (Å²) in [7, 11) is -2.98. The molecule has 6 heteroatoms. The van der Waals surface area contributed by atoms with Gasteiger partial charge in [-0.1, -0.05) is 18.0 Å². The van der Waals surface area contributed by atoms with Gasteiger partial charge in [0.2, 0.25) is 0 Å². The average molecular weight is 289 g/mol. The van der Waals surface area contributed by atoms with Crippen LogP contribution in [0.4, 0.5) is 5.82 Å². The summed E-state index contributed by atoms with van der Waals surface area (Å²) in [5.41, 5.74) is 6.74. The van der Waals surface area contributed by atoms with Crippen molar-refractivity contribution in [2.45, 2.75) is 36.9 Å². The molecular weight excluding hydrogens is 272 g/mol. The fourth-order valence-corrected chi connectivity index (χ4v) is 3.95. The maximum Gasteiger partial charge on any atom is 0.150 e. The second-order valence-electron chi connectivity index (χ2n) is 4.94. The van der Waals surface area contributed by atoms with E-state index >= 15 is 0 Å². The number of nitrogen functional groups attached to an aromatic ring is 1. The number of hydrogen-bond acceptors (Lipinski definition) is 4. The van der Waals surface area contributed by atoms with Gasteiger partial charge in [0.15, 0.2) is 0 Å². The van der Waals surface area contributed by atoms with Crippen LogP contribution in [0.2, 0.25) is 5.02 Å². The molecule has 0 radical (unpaired) electrons. The van der Waals surface area contributed by atoms with Gasteiger partial charge in [0.1, 0.15) is 15.7 Å². The van der Waals surface area contributed by atoms with Crippen molar-refractivity contribution in [1.82, 2.24) is 4.98 Å². The maximum absolute atomic E-state index is 11.6. The number of anilines is 1. The molecule has 0 spiro atoms. The molecule has 0 aromatic carbocycles. The number of hydrogen-bond donors (Lipinski definition) is 1. The summed E-state index contributed by atoms with van der Waals surface area (Å²) < 4.78 is 23.3. The van der Waals surface area contributed by atoms with E-state index in [1.54, 1.807) is 6.07 Å². The summed E-state index contributed by atoms with van der Waals surface area (Å²) in [6.45, 7) is 0. The highest BCUT2D eigenvalue weighted by Gasteiger charge is 2.30. The first-order valence-corrected chi connectivity index (χ1v) is 8.31. The summed E-state index contributed by atoms with van der Waals surface area (Å²) in [4.78, 5) is 4.04. The van der Waals surface area contributed by atoms with Crippen LogP contribution < -0.4 is 5.73 Å². The lowest BCUT2D eigenvalue weighted by atomic mass is 9.84. The number of aromatic nitrogens is 1. The first kappa shape index (κ1) is 13.6. The van der Waals surface area contributed by atoms with Gasteiger partial charge >= 0.3 is 0 Å². The molecule has 100 valence electrons. The van der Waals surface area contributed by atoms with Crippen LogP contribution in [0, 0.1) is 0 Å². The first-order chi connectivity index (χ1) is 8.38. The van der Waals surface area contributed by atoms with E-state index in [0.29, 0.717) is 17.3 Å². The predicted molar refractivity (Wildman–Crippen MR) is 73.5 cm³/mol. The second kappa shape index (κ2) is 5.05. The third-order valence-corrected chi connectivity index (χ3v) is 5.43. The number of nitrogens with zero attached hydrogens (tertiary/aromatic N) is 1. The van der Waals surface area contributed by atoms with Crippen LogP contribution in [0.5, 0.6) is 0 Å². The van der Waals surface area contributed by atoms with Crippen molar-refractivity contribution in [3.05, 3.63) is 22.8 Å². The van der Waals surface area contributed by atoms with Crippen LogP contribution in [0.25, 0.3) is 0 Å². The fourth-order valence-electron chi connectivity index (χ4n) is 2.61. The predicted octanol–water partition coefficient (Wildman–Crippen LogP) is 2.39. The molecule has 0 amide bonds. The van der Waals surface area contributed by atoms with Gasteiger partial charge in [-0.05, 0) is 36.8 Å². The maximum atomic E-state index is 11.6. The summed E-state index contributed by atoms with van der Waals surface area (Å²) in [5, 5.41) is 0.273. The zero-order chi connectivity index (χ0) is 13.3. The van der Waals surface area contributed by atoms with E-state index in [-0.39, 0.29) is 11.2 Å². The summed E-state index contributed by atoms with van der Waals surface area (Å²) in [5.74, 6) is 0.600. The Labute approximate surface area is 112 Å². The van der Waals surface area contributed by atoms with Crippen molar-refractivity contribution in [2.24, 2.45) is 0 Å². The molecular formula is C12H17ClN2O2S. The highest BCUT2D eigenvalue weighted by molar-refractivity contribution is 7.91. The molecule has 4 nitrogen and oxygen atoms in total. The Morgan fingerprint density at radius 3 is 2.83 bits per heavy atom. The Balaban J connectivity index is 2.26. The minimum absolute atomic E-state index is 0.143. The zero-order valence-corrected chi connectivity index (χ0v) is 11.8. The highest BCUT2D eigenvalue weighted by atomic mass is 35.5. The normalized spacial score (nSPS) is 25.0. The van der Waals surface area contributed by atoms with Crippen LogP contribution in [0.3, 0.4) is 0 Å². The summed E-state index contributed by atoms with van der Waals surface area (Å²) >= 11 is 5.93. The van der Waals surface area contributed by atoms with Crippen LogP contribution in [-0.2, 0) is 9.84 Å². The minimum Gasteiger partial charge on any atom is -0.383 e. The smallest absolute Gasteiger partial charge is 0.150 e. The zero-order valence-electron chi connectivity index (χ0n) is 10.3. The lowest BCUT2D eigenvalue weighted by Gasteiger charge is -2.28. The molecule has 2 unspecified atom stereocenters. The SMILES string of the molecule is CS(=O)(=O)C1CCCC(c2cc(Cl)cnc2N)C1. The van der Waals surface area contributed by atoms with Crippen LogP contribution in [0.1, 0.15) is 37.2 Å². The van der Waals surface area contributed by atoms with E-state index in [1.165, 1.54) is 12.5 Å². The molecule has 2 N–H and O–H groups in total. The molecule has 1 saturated carbocycles. The van der Waals surface area contributed by atoms with Crippen LogP contribution >= 0.6 is 11.6 Å². The lowest BCUT2D eigenvalue weighted by molar-refractivity contribution is 0.436. The topological polar surface area (TPSA) is 73.0 Å². The van der Waals surface area contributed by atoms with Gasteiger partial charge in [-0.2, -0.15) is 0 Å². The van der Waals surface area contributed by atoms with Crippen molar-refractivity contribution >= 4 is 27.3 Å². The van der Waals surface area contributed by atoms with Crippen LogP contribution in [-0.4, -0.2) is 24.9 Å². The van der Waals surface area contributed by atoms with Crippen LogP contribution in [0.15, 0.2) is 12.3 Å². The standard InChI is InChI=1S/C12H17ClN2O2S/c1-18(16,17)10-4-2-3-8(5-10)11-6-9(13)7-15-12(11)14/h6-8,10H,2-5H2,1H3,(H2,14,15). The molecule has 2 rings (SSSR count). The Hall–Kier alpha value is -0.810. The van der Waals surface area contributed by atoms with Gasteiger partial charge in [-0.15, -0.1) is 0 Å². The molecule has 0 bridgehead atoms. The fraction of sp³-hybridized carbons (Fsp3) is 0.583. The molecule has 1 aliphatic rings. The summed E-state index contributed by atoms with van der Waals surface area (Å²) in [6, 6.07) is 1.80. The quantitative estimate of drug-likeness (QED) is 0.907. The van der Waals surface area contributed by atoms with Crippen molar-refractivity contribution < 1.29 is 8.42 Å². The molecule has 1 aliphatic carbocycles. The second-order valence-corrected chi connectivity index (χ2v) is 7.71. The van der Waals surface area contributed by atoms with Gasteiger partial charge in [0.05, 0.1) is 10.3 Å². The number of pyridine rings is 1. The minimum atomic E-state index is -2.98. The molecule has 18 heavy (non-hydrogen) atoms. The Morgan fingerprint density at radius 2 is 2.17 bits per heavy atom. The van der Waals surface area contributed by atoms with Gasteiger partial charge in [-0.3, -0.25) is 0 Å². The van der Waals surface area contributed by atoms with E-state index in [1.807, 2.05) is 0 Å². The van der Waals surface area contributed by atoms with Gasteiger partial charge in [0.25, 0.3) is 0 Å². The Bertz CT molecular complexity index is 545. The largest absolute Gasteiger partial charge is 0.383 e. The van der Waals surface area contributed by atoms with Crippen molar-refractivity contribution in [1.29, 1.82) is 0 Å². The lowest BCUT2D eigenvalue weighted by Crippen LogP contribution is -2.27. The Kier molecular flexibility index (Phi) is 3.82. The van der Waals surface area contributed by atoms with Crippen molar-refractivity contribution in [3.63, 3.8) is 0 Å². The van der Waals surface area contributed by atoms with Crippen molar-refractivity contribution in [3.8, 4) is 0 Å². The number of sulfone groups is 1. The molecule has 2 atom stereocenters. The van der Waals surface area contributed by atoms with Gasteiger partial charge in [-0.25, -0.2) is 13.4 Å². The molecule has 1 fully saturated rings. The van der Waals surface area contributed by atoms with E-state index < -0.39 is 9.84 Å². The van der Waals surface area contributed by atoms with E-state index in [0.717, 1.165) is 24.8 Å². The molecule has 0 saturated heterocycles. The average Bonchev–Trinajstić information content (AvgIpc) is 2.31. The third-order valence-electron chi connectivity index (χ3n) is 3.59. The molecule has 1 aromatic heterocycles. The Morgan fingerprint density at radius 1 is 1.44 bits per heavy atom. The van der Waals surface area contributed by atoms with Gasteiger partial charge < -0.3 is 5.73 Å². The monoisotopic (exact) mass is 288 g/mol. The first-order valence-electron chi connectivity index (χ1n) is 5.97. The molecule has 0 aliphatic heterocycles. The van der Waals surface area contributed by atoms with E-state index in [2.05, 4.69) is 4.98 Å². The highest BCUT2D eigenvalue weighted by Crippen LogP contribution is 2.38. The molecule has 1 aromatic rings. The number of rotatable bonds is 2. The van der Waals surface area contributed by atoms with Gasteiger partial charge in [0, 0.05) is 12.5 Å². The number of nitrogens with two attached hydrogens (primary N) is 1.